The van der Waals surface area contributed by atoms with Gasteiger partial charge in [0.2, 0.25) is 0 Å². The van der Waals surface area contributed by atoms with Crippen molar-refractivity contribution in [2.24, 2.45) is 5.92 Å². The normalized spacial score (nSPS) is 10.5. The molecule has 6 nitrogen and oxygen atoms in total. The van der Waals surface area contributed by atoms with Crippen molar-refractivity contribution in [1.29, 1.82) is 0 Å². The molecule has 0 saturated heterocycles. The van der Waals surface area contributed by atoms with Crippen molar-refractivity contribution in [2.45, 2.75) is 27.2 Å². The Morgan fingerprint density at radius 3 is 2.65 bits per heavy atom. The Balaban J connectivity index is 2.07. The Kier molecular flexibility index (Phi) is 7.14. The number of hydrogen-bond donors (Lipinski definition) is 2. The van der Waals surface area contributed by atoms with Gasteiger partial charge in [-0.2, -0.15) is 0 Å². The van der Waals surface area contributed by atoms with Gasteiger partial charge >= 0.3 is 0 Å². The van der Waals surface area contributed by atoms with Gasteiger partial charge in [-0.25, -0.2) is 0 Å². The second-order valence-corrected chi connectivity index (χ2v) is 6.25. The summed E-state index contributed by atoms with van der Waals surface area (Å²) in [5.74, 6) is 0.501. The van der Waals surface area contributed by atoms with E-state index >= 15 is 0 Å². The maximum atomic E-state index is 12.5. The van der Waals surface area contributed by atoms with Gasteiger partial charge in [-0.3, -0.25) is 14.6 Å². The summed E-state index contributed by atoms with van der Waals surface area (Å²) < 4.78 is 5.51. The van der Waals surface area contributed by atoms with E-state index in [1.54, 1.807) is 18.2 Å². The number of anilines is 1. The lowest BCUT2D eigenvalue weighted by atomic mass is 10.1. The van der Waals surface area contributed by atoms with Gasteiger partial charge in [-0.15, -0.1) is 0 Å². The first-order valence-electron chi connectivity index (χ1n) is 8.78. The van der Waals surface area contributed by atoms with Crippen LogP contribution in [0.3, 0.4) is 0 Å². The third-order valence-electron chi connectivity index (χ3n) is 3.70. The quantitative estimate of drug-likeness (QED) is 0.759. The smallest absolute Gasteiger partial charge is 0.269 e. The molecule has 2 aromatic rings. The van der Waals surface area contributed by atoms with Crippen molar-refractivity contribution < 1.29 is 14.3 Å². The van der Waals surface area contributed by atoms with Crippen LogP contribution in [-0.4, -0.2) is 29.9 Å². The predicted octanol–water partition coefficient (Wildman–Crippen LogP) is 3.51. The Labute approximate surface area is 154 Å². The molecule has 1 aromatic heterocycles. The molecule has 0 unspecified atom stereocenters. The molecular weight excluding hydrogens is 330 g/mol. The maximum Gasteiger partial charge on any atom is 0.269 e. The van der Waals surface area contributed by atoms with Crippen LogP contribution < -0.4 is 15.4 Å². The number of carbonyl (C=O) groups is 2. The van der Waals surface area contributed by atoms with Crippen LogP contribution in [0.1, 0.15) is 48.0 Å². The van der Waals surface area contributed by atoms with Crippen molar-refractivity contribution in [3.05, 3.63) is 53.9 Å². The fraction of sp³-hybridized carbons (Fsp3) is 0.350. The number of carbonyl (C=O) groups excluding carboxylic acids is 2. The van der Waals surface area contributed by atoms with Crippen molar-refractivity contribution in [2.75, 3.05) is 18.5 Å². The molecule has 2 amide bonds. The van der Waals surface area contributed by atoms with Crippen LogP contribution in [-0.2, 0) is 0 Å². The second kappa shape index (κ2) is 9.56. The number of benzene rings is 1. The lowest BCUT2D eigenvalue weighted by molar-refractivity contribution is 0.0947. The minimum atomic E-state index is -0.323. The Bertz CT molecular complexity index is 759. The van der Waals surface area contributed by atoms with Gasteiger partial charge in [0.1, 0.15) is 11.4 Å². The van der Waals surface area contributed by atoms with Gasteiger partial charge in [-0.05, 0) is 43.5 Å². The molecule has 0 aliphatic rings. The Morgan fingerprint density at radius 2 is 1.92 bits per heavy atom. The van der Waals surface area contributed by atoms with Crippen LogP contribution in [0.2, 0.25) is 0 Å². The van der Waals surface area contributed by atoms with Gasteiger partial charge in [0, 0.05) is 18.3 Å². The molecule has 0 aliphatic carbocycles. The summed E-state index contributed by atoms with van der Waals surface area (Å²) in [5, 5.41) is 5.63. The van der Waals surface area contributed by atoms with E-state index in [1.807, 2.05) is 19.1 Å². The van der Waals surface area contributed by atoms with Crippen molar-refractivity contribution in [1.82, 2.24) is 10.3 Å². The molecule has 0 bridgehead atoms. The van der Waals surface area contributed by atoms with E-state index < -0.39 is 0 Å². The number of amides is 2. The van der Waals surface area contributed by atoms with Crippen LogP contribution in [0, 0.1) is 5.92 Å². The number of pyridine rings is 1. The molecular formula is C20H25N3O3. The molecule has 0 aliphatic heterocycles. The summed E-state index contributed by atoms with van der Waals surface area (Å²) in [7, 11) is 0. The van der Waals surface area contributed by atoms with Gasteiger partial charge in [0.25, 0.3) is 11.8 Å². The van der Waals surface area contributed by atoms with Gasteiger partial charge < -0.3 is 15.4 Å². The third-order valence-corrected chi connectivity index (χ3v) is 3.70. The molecule has 0 spiro atoms. The monoisotopic (exact) mass is 355 g/mol. The topological polar surface area (TPSA) is 80.3 Å². The zero-order valence-corrected chi connectivity index (χ0v) is 15.4. The first-order chi connectivity index (χ1) is 12.5. The lowest BCUT2D eigenvalue weighted by Crippen LogP contribution is -2.26. The molecule has 26 heavy (non-hydrogen) atoms. The van der Waals surface area contributed by atoms with E-state index in [0.717, 1.165) is 6.42 Å². The molecule has 138 valence electrons. The highest BCUT2D eigenvalue weighted by Gasteiger charge is 2.13. The number of nitrogens with zero attached hydrogens (tertiary/aromatic N) is 1. The van der Waals surface area contributed by atoms with Gasteiger partial charge in [0.05, 0.1) is 12.3 Å². The van der Waals surface area contributed by atoms with E-state index in [9.17, 15) is 9.59 Å². The molecule has 6 heteroatoms. The molecule has 0 fully saturated rings. The zero-order chi connectivity index (χ0) is 18.9. The number of nitrogens with one attached hydrogen (secondary N) is 2. The molecule has 1 aromatic carbocycles. The number of aromatic nitrogens is 1. The summed E-state index contributed by atoms with van der Waals surface area (Å²) in [4.78, 5) is 28.8. The van der Waals surface area contributed by atoms with E-state index in [0.29, 0.717) is 36.1 Å². The number of ether oxygens (including phenoxy) is 1. The first-order valence-corrected chi connectivity index (χ1v) is 8.78. The maximum absolute atomic E-state index is 12.5. The minimum Gasteiger partial charge on any atom is -0.492 e. The van der Waals surface area contributed by atoms with E-state index in [2.05, 4.69) is 29.5 Å². The van der Waals surface area contributed by atoms with Crippen molar-refractivity contribution in [3.63, 3.8) is 0 Å². The number of rotatable bonds is 8. The zero-order valence-electron chi connectivity index (χ0n) is 15.4. The van der Waals surface area contributed by atoms with Gasteiger partial charge in [-0.1, -0.05) is 26.0 Å². The Hall–Kier alpha value is -2.89. The molecule has 0 saturated carbocycles. The standard InChI is InChI=1S/C20H25N3O3/c1-4-26-18-8-6-5-7-16(18)23-19(24)15-10-12-21-17(13-15)20(25)22-11-9-14(2)3/h5-8,10,12-14H,4,9,11H2,1-3H3,(H,22,25)(H,23,24). The van der Waals surface area contributed by atoms with Crippen LogP contribution in [0.5, 0.6) is 5.75 Å². The predicted molar refractivity (Wildman–Crippen MR) is 102 cm³/mol. The average Bonchev–Trinajstić information content (AvgIpc) is 2.63. The lowest BCUT2D eigenvalue weighted by Gasteiger charge is -2.11. The Morgan fingerprint density at radius 1 is 1.15 bits per heavy atom. The summed E-state index contributed by atoms with van der Waals surface area (Å²) in [6, 6.07) is 10.3. The molecule has 2 N–H and O–H groups in total. The van der Waals surface area contributed by atoms with E-state index in [1.165, 1.54) is 12.3 Å². The molecule has 1 heterocycles. The summed E-state index contributed by atoms with van der Waals surface area (Å²) in [5.41, 5.74) is 1.17. The first kappa shape index (κ1) is 19.4. The average molecular weight is 355 g/mol. The summed E-state index contributed by atoms with van der Waals surface area (Å²) in [6.45, 7) is 7.15. The fourth-order valence-corrected chi connectivity index (χ4v) is 2.31. The van der Waals surface area contributed by atoms with Crippen LogP contribution in [0.25, 0.3) is 0 Å². The highest BCUT2D eigenvalue weighted by atomic mass is 16.5. The van der Waals surface area contributed by atoms with E-state index in [4.69, 9.17) is 4.74 Å². The second-order valence-electron chi connectivity index (χ2n) is 6.25. The highest BCUT2D eigenvalue weighted by molar-refractivity contribution is 6.06. The SMILES string of the molecule is CCOc1ccccc1NC(=O)c1ccnc(C(=O)NCCC(C)C)c1. The van der Waals surface area contributed by atoms with Crippen LogP contribution >= 0.6 is 0 Å². The van der Waals surface area contributed by atoms with Gasteiger partial charge in [0.15, 0.2) is 0 Å². The molecule has 0 atom stereocenters. The number of para-hydroxylation sites is 2. The van der Waals surface area contributed by atoms with Crippen LogP contribution in [0.15, 0.2) is 42.6 Å². The van der Waals surface area contributed by atoms with Crippen molar-refractivity contribution >= 4 is 17.5 Å². The van der Waals surface area contributed by atoms with Crippen molar-refractivity contribution in [3.8, 4) is 5.75 Å². The molecule has 2 rings (SSSR count). The van der Waals surface area contributed by atoms with E-state index in [-0.39, 0.29) is 17.5 Å². The summed E-state index contributed by atoms with van der Waals surface area (Å²) >= 11 is 0. The highest BCUT2D eigenvalue weighted by Crippen LogP contribution is 2.24. The minimum absolute atomic E-state index is 0.222. The molecule has 0 radical (unpaired) electrons. The van der Waals surface area contributed by atoms with Crippen LogP contribution in [0.4, 0.5) is 5.69 Å². The fourth-order valence-electron chi connectivity index (χ4n) is 2.31. The third kappa shape index (κ3) is 5.58. The number of hydrogen-bond acceptors (Lipinski definition) is 4. The summed E-state index contributed by atoms with van der Waals surface area (Å²) in [6.07, 6.45) is 2.35. The largest absolute Gasteiger partial charge is 0.492 e.